The van der Waals surface area contributed by atoms with Crippen molar-refractivity contribution in [2.24, 2.45) is 0 Å². The number of halogens is 1. The Morgan fingerprint density at radius 1 is 0.865 bits per heavy atom. The van der Waals surface area contributed by atoms with Gasteiger partial charge in [-0.15, -0.1) is 0 Å². The molecule has 2 aromatic rings. The lowest BCUT2D eigenvalue weighted by Crippen LogP contribution is -2.17. The van der Waals surface area contributed by atoms with Gasteiger partial charge in [-0.05, 0) is 50.1 Å². The monoisotopic (exact) mass is 514 g/mol. The van der Waals surface area contributed by atoms with Crippen LogP contribution in [0.15, 0.2) is 72.9 Å². The lowest BCUT2D eigenvalue weighted by molar-refractivity contribution is -0.139. The lowest BCUT2D eigenvalue weighted by Gasteiger charge is -2.17. The van der Waals surface area contributed by atoms with Gasteiger partial charge in [-0.1, -0.05) is 31.9 Å². The van der Waals surface area contributed by atoms with Crippen LogP contribution >= 0.6 is 0 Å². The zero-order chi connectivity index (χ0) is 27.5. The second-order valence-electron chi connectivity index (χ2n) is 8.16. The molecule has 0 saturated carbocycles. The molecule has 1 atom stereocenters. The predicted molar refractivity (Wildman–Crippen MR) is 136 cm³/mol. The van der Waals surface area contributed by atoms with Crippen molar-refractivity contribution in [1.82, 2.24) is 0 Å². The standard InChI is InChI=1S/C28H31FO8/c1-17(2)26(30)35-13-11-33-24-15-22(20-7-9-21(10-8-20)37-28(32)19(5)6)23(29)16-25(24)34-12-14-36-27(31)18(3)4/h7-10,15-16,26,30H,1,3,5,11-14H2,2,4,6H3. The van der Waals surface area contributed by atoms with Crippen molar-refractivity contribution in [1.29, 1.82) is 0 Å². The molecule has 1 N–H and O–H groups in total. The van der Waals surface area contributed by atoms with Crippen molar-refractivity contribution in [2.45, 2.75) is 27.1 Å². The second kappa shape index (κ2) is 14.0. The fraction of sp³-hybridized carbons (Fsp3) is 0.286. The van der Waals surface area contributed by atoms with E-state index in [0.717, 1.165) is 6.07 Å². The Morgan fingerprint density at radius 2 is 1.43 bits per heavy atom. The minimum atomic E-state index is -1.14. The van der Waals surface area contributed by atoms with E-state index < -0.39 is 24.0 Å². The van der Waals surface area contributed by atoms with E-state index in [-0.39, 0.29) is 60.4 Å². The van der Waals surface area contributed by atoms with E-state index in [1.165, 1.54) is 32.0 Å². The molecular formula is C28H31FO8. The predicted octanol–water partition coefficient (Wildman–Crippen LogP) is 4.76. The second-order valence-corrected chi connectivity index (χ2v) is 8.16. The van der Waals surface area contributed by atoms with Crippen LogP contribution in [-0.2, 0) is 19.1 Å². The molecule has 37 heavy (non-hydrogen) atoms. The van der Waals surface area contributed by atoms with Gasteiger partial charge < -0.3 is 28.8 Å². The Balaban J connectivity index is 2.21. The number of benzene rings is 2. The average molecular weight is 515 g/mol. The fourth-order valence-corrected chi connectivity index (χ4v) is 2.74. The first-order chi connectivity index (χ1) is 17.5. The molecule has 0 heterocycles. The van der Waals surface area contributed by atoms with Crippen molar-refractivity contribution >= 4 is 11.9 Å². The van der Waals surface area contributed by atoms with Crippen LogP contribution in [0, 0.1) is 5.82 Å². The van der Waals surface area contributed by atoms with Crippen molar-refractivity contribution < 1.29 is 42.8 Å². The Bertz CT molecular complexity index is 1150. The highest BCUT2D eigenvalue weighted by Crippen LogP contribution is 2.36. The molecule has 0 aliphatic heterocycles. The SMILES string of the molecule is C=C(C)C(=O)OCCOc1cc(F)c(-c2ccc(OC(=O)C(=C)C)cc2)cc1OCCOC(O)C(=C)C. The average Bonchev–Trinajstić information content (AvgIpc) is 2.85. The highest BCUT2D eigenvalue weighted by atomic mass is 19.1. The van der Waals surface area contributed by atoms with Gasteiger partial charge >= 0.3 is 11.9 Å². The first-order valence-electron chi connectivity index (χ1n) is 11.3. The number of hydrogen-bond acceptors (Lipinski definition) is 8. The van der Waals surface area contributed by atoms with Gasteiger partial charge in [0.05, 0.1) is 6.61 Å². The van der Waals surface area contributed by atoms with Crippen LogP contribution in [0.4, 0.5) is 4.39 Å². The molecule has 0 radical (unpaired) electrons. The lowest BCUT2D eigenvalue weighted by atomic mass is 10.0. The number of hydrogen-bond donors (Lipinski definition) is 1. The zero-order valence-corrected chi connectivity index (χ0v) is 21.2. The Hall–Kier alpha value is -3.95. The zero-order valence-electron chi connectivity index (χ0n) is 21.2. The number of ether oxygens (including phenoxy) is 5. The molecule has 0 aliphatic rings. The summed E-state index contributed by atoms with van der Waals surface area (Å²) in [7, 11) is 0. The molecule has 1 unspecified atom stereocenters. The number of aliphatic hydroxyl groups is 1. The molecule has 0 amide bonds. The van der Waals surface area contributed by atoms with E-state index in [9.17, 15) is 14.7 Å². The minimum Gasteiger partial charge on any atom is -0.487 e. The van der Waals surface area contributed by atoms with Crippen LogP contribution in [0.3, 0.4) is 0 Å². The maximum absolute atomic E-state index is 15.1. The number of rotatable bonds is 14. The van der Waals surface area contributed by atoms with Crippen LogP contribution in [0.5, 0.6) is 17.2 Å². The molecule has 0 aromatic heterocycles. The Labute approximate surface area is 215 Å². The normalized spacial score (nSPS) is 11.3. The summed E-state index contributed by atoms with van der Waals surface area (Å²) < 4.78 is 41.8. The molecule has 9 heteroatoms. The maximum Gasteiger partial charge on any atom is 0.338 e. The molecule has 0 saturated heterocycles. The first-order valence-corrected chi connectivity index (χ1v) is 11.3. The highest BCUT2D eigenvalue weighted by Gasteiger charge is 2.16. The van der Waals surface area contributed by atoms with Crippen molar-refractivity contribution in [3.63, 3.8) is 0 Å². The van der Waals surface area contributed by atoms with E-state index in [1.54, 1.807) is 19.1 Å². The summed E-state index contributed by atoms with van der Waals surface area (Å²) in [6.07, 6.45) is -1.14. The molecule has 198 valence electrons. The van der Waals surface area contributed by atoms with Crippen molar-refractivity contribution in [2.75, 3.05) is 26.4 Å². The van der Waals surface area contributed by atoms with Crippen molar-refractivity contribution in [3.05, 3.63) is 78.7 Å². The van der Waals surface area contributed by atoms with Crippen LogP contribution in [0.2, 0.25) is 0 Å². The molecule has 0 aliphatic carbocycles. The van der Waals surface area contributed by atoms with E-state index in [1.807, 2.05) is 0 Å². The molecule has 0 bridgehead atoms. The van der Waals surface area contributed by atoms with Crippen LogP contribution in [-0.4, -0.2) is 49.8 Å². The van der Waals surface area contributed by atoms with Gasteiger partial charge in [0.1, 0.15) is 31.4 Å². The van der Waals surface area contributed by atoms with E-state index in [2.05, 4.69) is 19.7 Å². The minimum absolute atomic E-state index is 0.0201. The third-order valence-electron chi connectivity index (χ3n) is 4.72. The summed E-state index contributed by atoms with van der Waals surface area (Å²) >= 11 is 0. The van der Waals surface area contributed by atoms with Crippen molar-refractivity contribution in [3.8, 4) is 28.4 Å². The number of esters is 2. The summed E-state index contributed by atoms with van der Waals surface area (Å²) in [6, 6.07) is 8.85. The van der Waals surface area contributed by atoms with Gasteiger partial charge in [-0.2, -0.15) is 0 Å². The quantitative estimate of drug-likeness (QED) is 0.0962. The molecule has 0 spiro atoms. The van der Waals surface area contributed by atoms with Crippen LogP contribution < -0.4 is 14.2 Å². The summed E-state index contributed by atoms with van der Waals surface area (Å²) in [4.78, 5) is 23.2. The van der Waals surface area contributed by atoms with E-state index in [4.69, 9.17) is 23.7 Å². The van der Waals surface area contributed by atoms with Gasteiger partial charge in [-0.3, -0.25) is 0 Å². The third kappa shape index (κ3) is 9.21. The maximum atomic E-state index is 15.1. The van der Waals surface area contributed by atoms with Gasteiger partial charge in [0, 0.05) is 22.8 Å². The summed E-state index contributed by atoms with van der Waals surface area (Å²) in [5.74, 6) is -1.15. The topological polar surface area (TPSA) is 101 Å². The van der Waals surface area contributed by atoms with Crippen LogP contribution in [0.25, 0.3) is 11.1 Å². The summed E-state index contributed by atoms with van der Waals surface area (Å²) in [6.45, 7) is 15.2. The Morgan fingerprint density at radius 3 is 2.00 bits per heavy atom. The summed E-state index contributed by atoms with van der Waals surface area (Å²) in [5, 5.41) is 9.71. The van der Waals surface area contributed by atoms with E-state index >= 15 is 4.39 Å². The Kier molecular flexibility index (Phi) is 11.0. The number of carbonyl (C=O) groups excluding carboxylic acids is 2. The number of aliphatic hydroxyl groups excluding tert-OH is 1. The van der Waals surface area contributed by atoms with Gasteiger partial charge in [0.15, 0.2) is 17.8 Å². The smallest absolute Gasteiger partial charge is 0.338 e. The first kappa shape index (κ1) is 29.3. The molecule has 0 fully saturated rings. The third-order valence-corrected chi connectivity index (χ3v) is 4.72. The van der Waals surface area contributed by atoms with Crippen LogP contribution in [0.1, 0.15) is 20.8 Å². The molecular weight excluding hydrogens is 483 g/mol. The molecule has 2 aromatic carbocycles. The van der Waals surface area contributed by atoms with Gasteiger partial charge in [-0.25, -0.2) is 14.0 Å². The molecule has 8 nitrogen and oxygen atoms in total. The molecule has 2 rings (SSSR count). The highest BCUT2D eigenvalue weighted by molar-refractivity contribution is 5.89. The fourth-order valence-electron chi connectivity index (χ4n) is 2.74. The summed E-state index contributed by atoms with van der Waals surface area (Å²) in [5.41, 5.74) is 1.64. The van der Waals surface area contributed by atoms with E-state index in [0.29, 0.717) is 11.1 Å². The van der Waals surface area contributed by atoms with Gasteiger partial charge in [0.2, 0.25) is 0 Å². The number of carbonyl (C=O) groups is 2. The largest absolute Gasteiger partial charge is 0.487 e. The van der Waals surface area contributed by atoms with Gasteiger partial charge in [0.25, 0.3) is 0 Å².